The molecule has 1 amide bonds. The number of aliphatic hydroxyl groups is 1. The Balaban J connectivity index is 1.74. The van der Waals surface area contributed by atoms with Crippen LogP contribution in [-0.4, -0.2) is 47.2 Å². The van der Waals surface area contributed by atoms with Gasteiger partial charge in [-0.2, -0.15) is 0 Å². The van der Waals surface area contributed by atoms with Crippen LogP contribution in [0.5, 0.6) is 0 Å². The summed E-state index contributed by atoms with van der Waals surface area (Å²) in [5, 5.41) is 13.4. The predicted molar refractivity (Wildman–Crippen MR) is 85.1 cm³/mol. The van der Waals surface area contributed by atoms with E-state index in [2.05, 4.69) is 17.1 Å². The van der Waals surface area contributed by atoms with Gasteiger partial charge in [0.05, 0.1) is 6.10 Å². The van der Waals surface area contributed by atoms with Gasteiger partial charge in [-0.15, -0.1) is 0 Å². The Kier molecular flexibility index (Phi) is 6.49. The average molecular weight is 296 g/mol. The fraction of sp³-hybridized carbons (Fsp3) is 0.941. The first-order valence-corrected chi connectivity index (χ1v) is 8.84. The quantitative estimate of drug-likeness (QED) is 0.818. The van der Waals surface area contributed by atoms with Gasteiger partial charge in [0.2, 0.25) is 5.91 Å². The summed E-state index contributed by atoms with van der Waals surface area (Å²) in [6.07, 6.45) is 8.43. The number of aliphatic hydroxyl groups excluding tert-OH is 1. The molecule has 2 rings (SSSR count). The zero-order valence-corrected chi connectivity index (χ0v) is 13.7. The van der Waals surface area contributed by atoms with Gasteiger partial charge in [-0.3, -0.25) is 9.69 Å². The van der Waals surface area contributed by atoms with Gasteiger partial charge in [0.1, 0.15) is 0 Å². The highest BCUT2D eigenvalue weighted by Crippen LogP contribution is 2.26. The lowest BCUT2D eigenvalue weighted by atomic mass is 9.89. The standard InChI is InChI=1S/C17H32N2O2/c1-3-6-13(2)17(21)18-14-9-11-19(12-10-14)15-7-4-5-8-16(15)20/h13-16,20H,3-12H2,1-2H3,(H,18,21). The summed E-state index contributed by atoms with van der Waals surface area (Å²) < 4.78 is 0. The molecule has 122 valence electrons. The van der Waals surface area contributed by atoms with E-state index in [1.54, 1.807) is 0 Å². The van der Waals surface area contributed by atoms with Gasteiger partial charge in [-0.1, -0.05) is 33.1 Å². The number of carbonyl (C=O) groups is 1. The Labute approximate surface area is 129 Å². The van der Waals surface area contributed by atoms with E-state index < -0.39 is 0 Å². The van der Waals surface area contributed by atoms with E-state index >= 15 is 0 Å². The van der Waals surface area contributed by atoms with Crippen LogP contribution in [0.3, 0.4) is 0 Å². The largest absolute Gasteiger partial charge is 0.391 e. The summed E-state index contributed by atoms with van der Waals surface area (Å²) in [5.74, 6) is 0.348. The molecule has 3 atom stereocenters. The van der Waals surface area contributed by atoms with Crippen molar-refractivity contribution in [3.05, 3.63) is 0 Å². The minimum atomic E-state index is -0.144. The smallest absolute Gasteiger partial charge is 0.223 e. The normalized spacial score (nSPS) is 30.0. The number of hydrogen-bond donors (Lipinski definition) is 2. The third-order valence-corrected chi connectivity index (χ3v) is 5.21. The molecule has 2 N–H and O–H groups in total. The van der Waals surface area contributed by atoms with Gasteiger partial charge >= 0.3 is 0 Å². The van der Waals surface area contributed by atoms with Crippen LogP contribution in [-0.2, 0) is 4.79 Å². The fourth-order valence-corrected chi connectivity index (χ4v) is 3.80. The number of nitrogens with zero attached hydrogens (tertiary/aromatic N) is 1. The van der Waals surface area contributed by atoms with Gasteiger partial charge in [0, 0.05) is 31.1 Å². The SMILES string of the molecule is CCCC(C)C(=O)NC1CCN(C2CCCCC2O)CC1. The monoisotopic (exact) mass is 296 g/mol. The van der Waals surface area contributed by atoms with Gasteiger partial charge in [0.15, 0.2) is 0 Å². The van der Waals surface area contributed by atoms with Crippen molar-refractivity contribution in [1.29, 1.82) is 0 Å². The van der Waals surface area contributed by atoms with Gasteiger partial charge in [-0.05, 0) is 32.1 Å². The molecule has 1 saturated heterocycles. The highest BCUT2D eigenvalue weighted by Gasteiger charge is 2.31. The van der Waals surface area contributed by atoms with Crippen LogP contribution < -0.4 is 5.32 Å². The number of amides is 1. The van der Waals surface area contributed by atoms with Crippen molar-refractivity contribution in [1.82, 2.24) is 10.2 Å². The van der Waals surface area contributed by atoms with E-state index in [0.717, 1.165) is 51.6 Å². The molecule has 0 bridgehead atoms. The number of piperidine rings is 1. The molecule has 3 unspecified atom stereocenters. The molecule has 0 radical (unpaired) electrons. The first-order valence-electron chi connectivity index (χ1n) is 8.84. The molecule has 21 heavy (non-hydrogen) atoms. The van der Waals surface area contributed by atoms with Gasteiger partial charge < -0.3 is 10.4 Å². The number of likely N-dealkylation sites (tertiary alicyclic amines) is 1. The minimum Gasteiger partial charge on any atom is -0.391 e. The van der Waals surface area contributed by atoms with Crippen molar-refractivity contribution in [2.75, 3.05) is 13.1 Å². The topological polar surface area (TPSA) is 52.6 Å². The molecule has 1 saturated carbocycles. The van der Waals surface area contributed by atoms with E-state index in [9.17, 15) is 9.90 Å². The molecule has 2 fully saturated rings. The average Bonchev–Trinajstić information content (AvgIpc) is 2.49. The molecular formula is C17H32N2O2. The van der Waals surface area contributed by atoms with Crippen molar-refractivity contribution < 1.29 is 9.90 Å². The number of hydrogen-bond acceptors (Lipinski definition) is 3. The summed E-state index contributed by atoms with van der Waals surface area (Å²) in [4.78, 5) is 14.5. The molecule has 0 aromatic rings. The number of nitrogens with one attached hydrogen (secondary N) is 1. The maximum atomic E-state index is 12.1. The molecule has 0 aromatic heterocycles. The molecule has 4 nitrogen and oxygen atoms in total. The lowest BCUT2D eigenvalue weighted by Crippen LogP contribution is -2.52. The van der Waals surface area contributed by atoms with Crippen molar-refractivity contribution in [3.8, 4) is 0 Å². The molecule has 1 aliphatic carbocycles. The summed E-state index contributed by atoms with van der Waals surface area (Å²) >= 11 is 0. The van der Waals surface area contributed by atoms with Crippen molar-refractivity contribution in [2.24, 2.45) is 5.92 Å². The molecule has 4 heteroatoms. The lowest BCUT2D eigenvalue weighted by Gasteiger charge is -2.41. The van der Waals surface area contributed by atoms with Crippen LogP contribution in [0, 0.1) is 5.92 Å². The van der Waals surface area contributed by atoms with E-state index in [1.807, 2.05) is 6.92 Å². The third kappa shape index (κ3) is 4.68. The Morgan fingerprint density at radius 1 is 1.24 bits per heavy atom. The number of rotatable bonds is 5. The van der Waals surface area contributed by atoms with Crippen LogP contribution in [0.2, 0.25) is 0 Å². The second-order valence-corrected chi connectivity index (χ2v) is 6.93. The summed E-state index contributed by atoms with van der Waals surface area (Å²) in [5.41, 5.74) is 0. The highest BCUT2D eigenvalue weighted by molar-refractivity contribution is 5.78. The van der Waals surface area contributed by atoms with Crippen molar-refractivity contribution >= 4 is 5.91 Å². The van der Waals surface area contributed by atoms with E-state index in [-0.39, 0.29) is 17.9 Å². The summed E-state index contributed by atoms with van der Waals surface area (Å²) in [6, 6.07) is 0.684. The second kappa shape index (κ2) is 8.14. The van der Waals surface area contributed by atoms with Crippen molar-refractivity contribution in [2.45, 2.75) is 83.4 Å². The number of carbonyl (C=O) groups excluding carboxylic acids is 1. The van der Waals surface area contributed by atoms with Crippen molar-refractivity contribution in [3.63, 3.8) is 0 Å². The van der Waals surface area contributed by atoms with E-state index in [0.29, 0.717) is 12.1 Å². The minimum absolute atomic E-state index is 0.133. The van der Waals surface area contributed by atoms with Crippen LogP contribution in [0.25, 0.3) is 0 Å². The Hall–Kier alpha value is -0.610. The Morgan fingerprint density at radius 2 is 1.90 bits per heavy atom. The second-order valence-electron chi connectivity index (χ2n) is 6.93. The molecular weight excluding hydrogens is 264 g/mol. The maximum absolute atomic E-state index is 12.1. The molecule has 0 spiro atoms. The van der Waals surface area contributed by atoms with Crippen LogP contribution in [0.4, 0.5) is 0 Å². The predicted octanol–water partition coefficient (Wildman–Crippen LogP) is 2.31. The first kappa shape index (κ1) is 16.8. The fourth-order valence-electron chi connectivity index (χ4n) is 3.80. The van der Waals surface area contributed by atoms with Gasteiger partial charge in [0.25, 0.3) is 0 Å². The first-order chi connectivity index (χ1) is 10.1. The molecule has 1 heterocycles. The summed E-state index contributed by atoms with van der Waals surface area (Å²) in [6.45, 7) is 6.16. The Bertz CT molecular complexity index is 327. The van der Waals surface area contributed by atoms with Gasteiger partial charge in [-0.25, -0.2) is 0 Å². The maximum Gasteiger partial charge on any atom is 0.223 e. The molecule has 1 aliphatic heterocycles. The van der Waals surface area contributed by atoms with Crippen LogP contribution >= 0.6 is 0 Å². The zero-order valence-electron chi connectivity index (χ0n) is 13.7. The Morgan fingerprint density at radius 3 is 2.52 bits per heavy atom. The molecule has 0 aromatic carbocycles. The van der Waals surface area contributed by atoms with E-state index in [4.69, 9.17) is 0 Å². The highest BCUT2D eigenvalue weighted by atomic mass is 16.3. The zero-order chi connectivity index (χ0) is 15.2. The lowest BCUT2D eigenvalue weighted by molar-refractivity contribution is -0.125. The van der Waals surface area contributed by atoms with E-state index in [1.165, 1.54) is 12.8 Å². The third-order valence-electron chi connectivity index (χ3n) is 5.21. The van der Waals surface area contributed by atoms with Crippen LogP contribution in [0.1, 0.15) is 65.2 Å². The summed E-state index contributed by atoms with van der Waals surface area (Å²) in [7, 11) is 0. The van der Waals surface area contributed by atoms with Crippen LogP contribution in [0.15, 0.2) is 0 Å². The molecule has 2 aliphatic rings.